The van der Waals surface area contributed by atoms with E-state index in [-0.39, 0.29) is 11.7 Å². The standard InChI is InChI=1S/C19H19Cl2FN2OS/c20-17-2-1-3-18(21)16(17)12-26-13-19(25)24-10-8-23(9-11-24)15-6-4-14(22)5-7-15/h1-7H,8-13H2. The Balaban J connectivity index is 1.46. The number of piperazine rings is 1. The van der Waals surface area contributed by atoms with Gasteiger partial charge in [-0.1, -0.05) is 29.3 Å². The van der Waals surface area contributed by atoms with Crippen LogP contribution in [0.5, 0.6) is 0 Å². The van der Waals surface area contributed by atoms with E-state index >= 15 is 0 Å². The molecule has 1 heterocycles. The van der Waals surface area contributed by atoms with Crippen molar-refractivity contribution in [1.29, 1.82) is 0 Å². The van der Waals surface area contributed by atoms with E-state index in [0.29, 0.717) is 34.6 Å². The Morgan fingerprint density at radius 2 is 1.62 bits per heavy atom. The van der Waals surface area contributed by atoms with Crippen LogP contribution in [0.25, 0.3) is 0 Å². The molecular weight excluding hydrogens is 394 g/mol. The van der Waals surface area contributed by atoms with Crippen LogP contribution in [0, 0.1) is 5.82 Å². The van der Waals surface area contributed by atoms with Gasteiger partial charge < -0.3 is 9.80 Å². The molecule has 0 atom stereocenters. The molecule has 0 unspecified atom stereocenters. The summed E-state index contributed by atoms with van der Waals surface area (Å²) in [4.78, 5) is 16.5. The molecule has 0 bridgehead atoms. The first-order valence-corrected chi connectivity index (χ1v) is 10.2. The summed E-state index contributed by atoms with van der Waals surface area (Å²) in [6.07, 6.45) is 0. The minimum Gasteiger partial charge on any atom is -0.368 e. The lowest BCUT2D eigenvalue weighted by Crippen LogP contribution is -2.49. The van der Waals surface area contributed by atoms with Gasteiger partial charge in [0.1, 0.15) is 5.82 Å². The number of rotatable bonds is 5. The largest absolute Gasteiger partial charge is 0.368 e. The fraction of sp³-hybridized carbons (Fsp3) is 0.316. The predicted octanol–water partition coefficient (Wildman–Crippen LogP) is 4.71. The van der Waals surface area contributed by atoms with E-state index in [1.54, 1.807) is 24.3 Å². The molecule has 0 N–H and O–H groups in total. The van der Waals surface area contributed by atoms with Gasteiger partial charge in [0.05, 0.1) is 5.75 Å². The summed E-state index contributed by atoms with van der Waals surface area (Å²) in [6.45, 7) is 2.84. The van der Waals surface area contributed by atoms with Crippen LogP contribution in [0.1, 0.15) is 5.56 Å². The van der Waals surface area contributed by atoms with Gasteiger partial charge in [-0.3, -0.25) is 4.79 Å². The summed E-state index contributed by atoms with van der Waals surface area (Å²) >= 11 is 13.8. The van der Waals surface area contributed by atoms with Gasteiger partial charge in [0.15, 0.2) is 0 Å². The summed E-state index contributed by atoms with van der Waals surface area (Å²) in [6, 6.07) is 11.9. The highest BCUT2D eigenvalue weighted by Gasteiger charge is 2.21. The Labute approximate surface area is 167 Å². The first kappa shape index (κ1) is 19.3. The third-order valence-corrected chi connectivity index (χ3v) is 6.01. The zero-order chi connectivity index (χ0) is 18.5. The van der Waals surface area contributed by atoms with Crippen molar-refractivity contribution in [3.8, 4) is 0 Å². The molecule has 26 heavy (non-hydrogen) atoms. The van der Waals surface area contributed by atoms with Crippen LogP contribution in [-0.4, -0.2) is 42.7 Å². The van der Waals surface area contributed by atoms with Crippen LogP contribution in [-0.2, 0) is 10.5 Å². The molecule has 1 aliphatic rings. The molecule has 3 nitrogen and oxygen atoms in total. The summed E-state index contributed by atoms with van der Waals surface area (Å²) in [7, 11) is 0. The minimum absolute atomic E-state index is 0.122. The van der Waals surface area contributed by atoms with Crippen LogP contribution in [0.4, 0.5) is 10.1 Å². The highest BCUT2D eigenvalue weighted by molar-refractivity contribution is 7.99. The molecule has 2 aromatic rings. The number of hydrogen-bond donors (Lipinski definition) is 0. The van der Waals surface area contributed by atoms with Crippen molar-refractivity contribution in [2.75, 3.05) is 36.8 Å². The molecule has 0 radical (unpaired) electrons. The van der Waals surface area contributed by atoms with Gasteiger partial charge in [-0.05, 0) is 42.0 Å². The average Bonchev–Trinajstić information content (AvgIpc) is 2.65. The molecule has 3 rings (SSSR count). The number of thioether (sulfide) groups is 1. The number of hydrogen-bond acceptors (Lipinski definition) is 3. The van der Waals surface area contributed by atoms with Crippen LogP contribution in [0.2, 0.25) is 10.0 Å². The van der Waals surface area contributed by atoms with E-state index in [4.69, 9.17) is 23.2 Å². The van der Waals surface area contributed by atoms with Crippen molar-refractivity contribution in [3.05, 3.63) is 63.9 Å². The SMILES string of the molecule is O=C(CSCc1c(Cl)cccc1Cl)N1CCN(c2ccc(F)cc2)CC1. The van der Waals surface area contributed by atoms with E-state index in [0.717, 1.165) is 24.3 Å². The Kier molecular flexibility index (Phi) is 6.68. The monoisotopic (exact) mass is 412 g/mol. The summed E-state index contributed by atoms with van der Waals surface area (Å²) in [5.74, 6) is 0.896. The smallest absolute Gasteiger partial charge is 0.232 e. The van der Waals surface area contributed by atoms with Gasteiger partial charge in [0.2, 0.25) is 5.91 Å². The zero-order valence-corrected chi connectivity index (χ0v) is 16.5. The molecule has 1 fully saturated rings. The Hall–Kier alpha value is -1.43. The maximum absolute atomic E-state index is 13.0. The average molecular weight is 413 g/mol. The molecular formula is C19H19Cl2FN2OS. The van der Waals surface area contributed by atoms with E-state index in [9.17, 15) is 9.18 Å². The molecule has 0 spiro atoms. The lowest BCUT2D eigenvalue weighted by Gasteiger charge is -2.36. The summed E-state index contributed by atoms with van der Waals surface area (Å²) in [5, 5.41) is 1.26. The number of amides is 1. The predicted molar refractivity (Wildman–Crippen MR) is 108 cm³/mol. The third-order valence-electron chi connectivity index (χ3n) is 4.36. The molecule has 1 saturated heterocycles. The molecule has 0 saturated carbocycles. The topological polar surface area (TPSA) is 23.6 Å². The second kappa shape index (κ2) is 8.98. The molecule has 138 valence electrons. The molecule has 1 amide bonds. The van der Waals surface area contributed by atoms with Crippen molar-refractivity contribution >= 4 is 46.6 Å². The van der Waals surface area contributed by atoms with E-state index in [1.807, 2.05) is 11.0 Å². The van der Waals surface area contributed by atoms with Crippen LogP contribution < -0.4 is 4.90 Å². The lowest BCUT2D eigenvalue weighted by atomic mass is 10.2. The van der Waals surface area contributed by atoms with Crippen molar-refractivity contribution in [3.63, 3.8) is 0 Å². The maximum Gasteiger partial charge on any atom is 0.232 e. The number of carbonyl (C=O) groups excluding carboxylic acids is 1. The highest BCUT2D eigenvalue weighted by Crippen LogP contribution is 2.28. The quantitative estimate of drug-likeness (QED) is 0.709. The van der Waals surface area contributed by atoms with Crippen LogP contribution in [0.3, 0.4) is 0 Å². The van der Waals surface area contributed by atoms with Gasteiger partial charge in [-0.2, -0.15) is 0 Å². The Bertz CT molecular complexity index is 744. The number of anilines is 1. The van der Waals surface area contributed by atoms with Gasteiger partial charge in [-0.25, -0.2) is 4.39 Å². The first-order chi connectivity index (χ1) is 12.5. The van der Waals surface area contributed by atoms with E-state index in [1.165, 1.54) is 23.9 Å². The second-order valence-electron chi connectivity index (χ2n) is 6.04. The molecule has 1 aliphatic heterocycles. The Morgan fingerprint density at radius 1 is 1.00 bits per heavy atom. The first-order valence-electron chi connectivity index (χ1n) is 8.33. The molecule has 2 aromatic carbocycles. The lowest BCUT2D eigenvalue weighted by molar-refractivity contribution is -0.128. The second-order valence-corrected chi connectivity index (χ2v) is 7.84. The third kappa shape index (κ3) is 4.84. The fourth-order valence-corrected chi connectivity index (χ4v) is 4.53. The maximum atomic E-state index is 13.0. The van der Waals surface area contributed by atoms with Gasteiger partial charge >= 0.3 is 0 Å². The van der Waals surface area contributed by atoms with Gasteiger partial charge in [0.25, 0.3) is 0 Å². The molecule has 0 aliphatic carbocycles. The molecule has 0 aromatic heterocycles. The normalized spacial score (nSPS) is 14.6. The summed E-state index contributed by atoms with van der Waals surface area (Å²) in [5.41, 5.74) is 1.86. The van der Waals surface area contributed by atoms with Crippen LogP contribution in [0.15, 0.2) is 42.5 Å². The number of carbonyl (C=O) groups is 1. The van der Waals surface area contributed by atoms with Crippen LogP contribution >= 0.6 is 35.0 Å². The van der Waals surface area contributed by atoms with Crippen molar-refractivity contribution in [2.24, 2.45) is 0 Å². The van der Waals surface area contributed by atoms with E-state index < -0.39 is 0 Å². The van der Waals surface area contributed by atoms with Gasteiger partial charge in [-0.15, -0.1) is 11.8 Å². The number of nitrogens with zero attached hydrogens (tertiary/aromatic N) is 2. The van der Waals surface area contributed by atoms with E-state index in [2.05, 4.69) is 4.90 Å². The zero-order valence-electron chi connectivity index (χ0n) is 14.1. The Morgan fingerprint density at radius 3 is 2.23 bits per heavy atom. The van der Waals surface area contributed by atoms with Gasteiger partial charge in [0, 0.05) is 47.7 Å². The number of halogens is 3. The fourth-order valence-electron chi connectivity index (χ4n) is 2.87. The minimum atomic E-state index is -0.238. The highest BCUT2D eigenvalue weighted by atomic mass is 35.5. The van der Waals surface area contributed by atoms with Crippen molar-refractivity contribution in [2.45, 2.75) is 5.75 Å². The van der Waals surface area contributed by atoms with Crippen molar-refractivity contribution < 1.29 is 9.18 Å². The summed E-state index contributed by atoms with van der Waals surface area (Å²) < 4.78 is 13.0. The number of benzene rings is 2. The molecule has 7 heteroatoms. The van der Waals surface area contributed by atoms with Crippen molar-refractivity contribution in [1.82, 2.24) is 4.90 Å².